The van der Waals surface area contributed by atoms with Gasteiger partial charge in [-0.25, -0.2) is 0 Å². The van der Waals surface area contributed by atoms with E-state index in [2.05, 4.69) is 15.2 Å². The molecule has 108 valence electrons. The van der Waals surface area contributed by atoms with E-state index in [0.29, 0.717) is 17.4 Å². The molecule has 0 atom stereocenters. The van der Waals surface area contributed by atoms with E-state index in [9.17, 15) is 0 Å². The highest BCUT2D eigenvalue weighted by atomic mass is 16.5. The number of aryl methyl sites for hydroxylation is 1. The van der Waals surface area contributed by atoms with E-state index in [1.54, 1.807) is 0 Å². The molecule has 2 heterocycles. The van der Waals surface area contributed by atoms with Crippen LogP contribution in [0.4, 0.5) is 0 Å². The van der Waals surface area contributed by atoms with Gasteiger partial charge in [0.2, 0.25) is 0 Å². The number of aromatic nitrogens is 4. The third-order valence-corrected chi connectivity index (χ3v) is 4.33. The molecule has 4 rings (SSSR count). The minimum Gasteiger partial charge on any atom is -0.332 e. The van der Waals surface area contributed by atoms with Gasteiger partial charge in [-0.3, -0.25) is 4.68 Å². The number of benzene rings is 1. The van der Waals surface area contributed by atoms with E-state index < -0.39 is 5.54 Å². The van der Waals surface area contributed by atoms with Gasteiger partial charge < -0.3 is 10.3 Å². The molecule has 2 N–H and O–H groups in total. The van der Waals surface area contributed by atoms with Crippen molar-refractivity contribution < 1.29 is 4.52 Å². The summed E-state index contributed by atoms with van der Waals surface area (Å²) < 4.78 is 7.25. The molecule has 0 spiro atoms. The van der Waals surface area contributed by atoms with Crippen molar-refractivity contribution in [1.82, 2.24) is 19.9 Å². The lowest BCUT2D eigenvalue weighted by Gasteiger charge is -2.17. The summed E-state index contributed by atoms with van der Waals surface area (Å²) in [6.45, 7) is 0. The molecule has 0 unspecified atom stereocenters. The standard InChI is InChI=1S/C15H17N5O/c1-20-11-7-3-2-6-10(11)12(18-20)13-17-14(19-21-13)15(16)8-4-5-9-15/h2-3,6-7H,4-5,8-9,16H2,1H3. The molecule has 0 bridgehead atoms. The molecule has 1 aliphatic carbocycles. The number of fused-ring (bicyclic) bond motifs is 1. The third-order valence-electron chi connectivity index (χ3n) is 4.33. The number of nitrogens with two attached hydrogens (primary N) is 1. The highest BCUT2D eigenvalue weighted by Gasteiger charge is 2.36. The van der Waals surface area contributed by atoms with Gasteiger partial charge in [-0.15, -0.1) is 0 Å². The van der Waals surface area contributed by atoms with Crippen LogP contribution >= 0.6 is 0 Å². The lowest BCUT2D eigenvalue weighted by atomic mass is 9.99. The van der Waals surface area contributed by atoms with Crippen molar-refractivity contribution in [1.29, 1.82) is 0 Å². The van der Waals surface area contributed by atoms with Crippen LogP contribution in [0.2, 0.25) is 0 Å². The molecule has 6 heteroatoms. The van der Waals surface area contributed by atoms with Gasteiger partial charge in [-0.2, -0.15) is 10.1 Å². The first-order valence-electron chi connectivity index (χ1n) is 7.23. The van der Waals surface area contributed by atoms with Gasteiger partial charge in [-0.1, -0.05) is 36.2 Å². The largest absolute Gasteiger partial charge is 0.332 e. The summed E-state index contributed by atoms with van der Waals surface area (Å²) in [7, 11) is 1.91. The maximum absolute atomic E-state index is 6.38. The third kappa shape index (κ3) is 1.86. The zero-order valence-electron chi connectivity index (χ0n) is 11.9. The topological polar surface area (TPSA) is 82.8 Å². The zero-order valence-corrected chi connectivity index (χ0v) is 11.9. The van der Waals surface area contributed by atoms with Gasteiger partial charge in [0.25, 0.3) is 5.89 Å². The number of para-hydroxylation sites is 1. The second kappa shape index (κ2) is 4.39. The van der Waals surface area contributed by atoms with Crippen molar-refractivity contribution in [3.05, 3.63) is 30.1 Å². The van der Waals surface area contributed by atoms with Crippen molar-refractivity contribution in [2.75, 3.05) is 0 Å². The van der Waals surface area contributed by atoms with Crippen LogP contribution in [0.3, 0.4) is 0 Å². The monoisotopic (exact) mass is 283 g/mol. The number of rotatable bonds is 2. The number of hydrogen-bond acceptors (Lipinski definition) is 5. The molecule has 3 aromatic rings. The summed E-state index contributed by atoms with van der Waals surface area (Å²) >= 11 is 0. The van der Waals surface area contributed by atoms with Crippen molar-refractivity contribution in [2.45, 2.75) is 31.2 Å². The Morgan fingerprint density at radius 2 is 2.00 bits per heavy atom. The Morgan fingerprint density at radius 1 is 1.24 bits per heavy atom. The van der Waals surface area contributed by atoms with Crippen LogP contribution in [0.25, 0.3) is 22.5 Å². The molecule has 6 nitrogen and oxygen atoms in total. The maximum atomic E-state index is 6.38. The van der Waals surface area contributed by atoms with E-state index in [0.717, 1.165) is 36.6 Å². The molecule has 2 aromatic heterocycles. The minimum absolute atomic E-state index is 0.438. The molecule has 21 heavy (non-hydrogen) atoms. The quantitative estimate of drug-likeness (QED) is 0.780. The van der Waals surface area contributed by atoms with Crippen molar-refractivity contribution in [3.8, 4) is 11.6 Å². The predicted octanol–water partition coefficient (Wildman–Crippen LogP) is 2.35. The van der Waals surface area contributed by atoms with Crippen molar-refractivity contribution in [2.24, 2.45) is 12.8 Å². The van der Waals surface area contributed by atoms with Gasteiger partial charge in [0.05, 0.1) is 11.1 Å². The van der Waals surface area contributed by atoms with Crippen LogP contribution < -0.4 is 5.73 Å². The molecule has 0 saturated heterocycles. The Balaban J connectivity index is 1.81. The molecule has 1 aliphatic rings. The smallest absolute Gasteiger partial charge is 0.279 e. The van der Waals surface area contributed by atoms with E-state index >= 15 is 0 Å². The van der Waals surface area contributed by atoms with Crippen LogP contribution in [-0.2, 0) is 12.6 Å². The van der Waals surface area contributed by atoms with Crippen LogP contribution in [0.1, 0.15) is 31.5 Å². The highest BCUT2D eigenvalue weighted by molar-refractivity contribution is 5.91. The Labute approximate surface area is 121 Å². The van der Waals surface area contributed by atoms with Gasteiger partial charge in [0.1, 0.15) is 0 Å². The van der Waals surface area contributed by atoms with E-state index in [-0.39, 0.29) is 0 Å². The molecular weight excluding hydrogens is 266 g/mol. The Morgan fingerprint density at radius 3 is 2.81 bits per heavy atom. The van der Waals surface area contributed by atoms with E-state index in [1.165, 1.54) is 0 Å². The van der Waals surface area contributed by atoms with Gasteiger partial charge in [0.15, 0.2) is 11.5 Å². The summed E-state index contributed by atoms with van der Waals surface area (Å²) in [5, 5.41) is 9.61. The van der Waals surface area contributed by atoms with Crippen LogP contribution in [-0.4, -0.2) is 19.9 Å². The Kier molecular flexibility index (Phi) is 2.62. The molecule has 0 amide bonds. The first-order valence-corrected chi connectivity index (χ1v) is 7.23. The summed E-state index contributed by atoms with van der Waals surface area (Å²) in [5.41, 5.74) is 7.69. The fourth-order valence-electron chi connectivity index (χ4n) is 3.12. The molecule has 0 radical (unpaired) electrons. The van der Waals surface area contributed by atoms with E-state index in [4.69, 9.17) is 10.3 Å². The van der Waals surface area contributed by atoms with E-state index in [1.807, 2.05) is 36.0 Å². The summed E-state index contributed by atoms with van der Waals surface area (Å²) in [6, 6.07) is 7.99. The summed E-state index contributed by atoms with van der Waals surface area (Å²) in [5.74, 6) is 1.04. The highest BCUT2D eigenvalue weighted by Crippen LogP contribution is 2.36. The van der Waals surface area contributed by atoms with Crippen molar-refractivity contribution >= 4 is 10.9 Å². The first kappa shape index (κ1) is 12.5. The minimum atomic E-state index is -0.438. The molecule has 1 aromatic carbocycles. The second-order valence-corrected chi connectivity index (χ2v) is 5.78. The first-order chi connectivity index (χ1) is 10.2. The second-order valence-electron chi connectivity index (χ2n) is 5.78. The lowest BCUT2D eigenvalue weighted by Crippen LogP contribution is -2.34. The fraction of sp³-hybridized carbons (Fsp3) is 0.400. The van der Waals surface area contributed by atoms with Crippen LogP contribution in [0, 0.1) is 0 Å². The SMILES string of the molecule is Cn1nc(-c2nc(C3(N)CCCC3)no2)c2ccccc21. The van der Waals surface area contributed by atoms with Crippen LogP contribution in [0.5, 0.6) is 0 Å². The number of nitrogens with zero attached hydrogens (tertiary/aromatic N) is 4. The zero-order chi connectivity index (χ0) is 14.4. The molecule has 1 fully saturated rings. The van der Waals surface area contributed by atoms with Gasteiger partial charge in [0, 0.05) is 12.4 Å². The Bertz CT molecular complexity index is 797. The fourth-order valence-corrected chi connectivity index (χ4v) is 3.12. The molecule has 0 aliphatic heterocycles. The maximum Gasteiger partial charge on any atom is 0.279 e. The number of hydrogen-bond donors (Lipinski definition) is 1. The summed E-state index contributed by atoms with van der Waals surface area (Å²) in [6.07, 6.45) is 4.06. The van der Waals surface area contributed by atoms with Gasteiger partial charge >= 0.3 is 0 Å². The summed E-state index contributed by atoms with van der Waals surface area (Å²) in [4.78, 5) is 4.52. The lowest BCUT2D eigenvalue weighted by molar-refractivity contribution is 0.372. The predicted molar refractivity (Wildman–Crippen MR) is 78.3 cm³/mol. The van der Waals surface area contributed by atoms with Crippen LogP contribution in [0.15, 0.2) is 28.8 Å². The Hall–Kier alpha value is -2.21. The van der Waals surface area contributed by atoms with Crippen molar-refractivity contribution in [3.63, 3.8) is 0 Å². The molecular formula is C15H17N5O. The van der Waals surface area contributed by atoms with Gasteiger partial charge in [-0.05, 0) is 18.9 Å². The molecule has 1 saturated carbocycles. The normalized spacial score (nSPS) is 17.6. The average Bonchev–Trinajstić information content (AvgIpc) is 3.19. The average molecular weight is 283 g/mol.